The van der Waals surface area contributed by atoms with E-state index in [0.29, 0.717) is 23.8 Å². The molecule has 1 aromatic carbocycles. The number of hydrogen-bond donors (Lipinski definition) is 4. The lowest BCUT2D eigenvalue weighted by Crippen LogP contribution is -2.54. The first kappa shape index (κ1) is 23.8. The molecule has 29 heavy (non-hydrogen) atoms. The number of carbonyl (C=O) groups is 2. The second-order valence-electron chi connectivity index (χ2n) is 8.06. The van der Waals surface area contributed by atoms with E-state index < -0.39 is 17.2 Å². The first-order chi connectivity index (χ1) is 13.4. The van der Waals surface area contributed by atoms with E-state index in [-0.39, 0.29) is 12.5 Å². The van der Waals surface area contributed by atoms with Crippen molar-refractivity contribution in [1.29, 1.82) is 0 Å². The van der Waals surface area contributed by atoms with Gasteiger partial charge in [-0.05, 0) is 52.8 Å². The molecule has 158 valence electrons. The van der Waals surface area contributed by atoms with Gasteiger partial charge in [-0.15, -0.1) is 6.42 Å². The number of carbonyl (C=O) groups excluding carboxylic acids is 2. The van der Waals surface area contributed by atoms with Gasteiger partial charge in [-0.3, -0.25) is 9.79 Å². The van der Waals surface area contributed by atoms with E-state index in [2.05, 4.69) is 32.2 Å². The molecule has 0 bridgehead atoms. The Balaban J connectivity index is 2.48. The van der Waals surface area contributed by atoms with Gasteiger partial charge in [0, 0.05) is 24.8 Å². The molecule has 0 aliphatic carbocycles. The second kappa shape index (κ2) is 10.4. The number of guanidine groups is 1. The first-order valence-corrected chi connectivity index (χ1v) is 9.26. The maximum Gasteiger partial charge on any atom is 0.408 e. The summed E-state index contributed by atoms with van der Waals surface area (Å²) in [6, 6.07) is 7.04. The molecule has 0 spiro atoms. The van der Waals surface area contributed by atoms with E-state index in [1.165, 1.54) is 0 Å². The molecule has 0 radical (unpaired) electrons. The molecule has 2 amide bonds. The van der Waals surface area contributed by atoms with Gasteiger partial charge in [-0.2, -0.15) is 0 Å². The van der Waals surface area contributed by atoms with Crippen LogP contribution < -0.4 is 21.3 Å². The lowest BCUT2D eigenvalue weighted by Gasteiger charge is -2.29. The Bertz CT molecular complexity index is 788. The van der Waals surface area contributed by atoms with E-state index in [4.69, 9.17) is 11.2 Å². The standard InChI is InChI=1S/C21H31N5O3/c1-8-15-10-9-11-16(12-15)25-17(27)13-23-18(22-7)24-14-21(5,6)26-19(28)29-20(2,3)4/h1,9-12H,13-14H2,2-7H3,(H,25,27)(H,26,28)(H2,22,23,24). The predicted octanol–water partition coefficient (Wildman–Crippen LogP) is 2.07. The lowest BCUT2D eigenvalue weighted by molar-refractivity contribution is -0.115. The van der Waals surface area contributed by atoms with Crippen molar-refractivity contribution in [2.75, 3.05) is 25.5 Å². The van der Waals surface area contributed by atoms with Crippen LogP contribution in [-0.4, -0.2) is 49.2 Å². The van der Waals surface area contributed by atoms with Gasteiger partial charge in [0.2, 0.25) is 5.91 Å². The highest BCUT2D eigenvalue weighted by Crippen LogP contribution is 2.10. The fourth-order valence-corrected chi connectivity index (χ4v) is 2.21. The van der Waals surface area contributed by atoms with Crippen molar-refractivity contribution in [3.63, 3.8) is 0 Å². The van der Waals surface area contributed by atoms with Crippen molar-refractivity contribution in [1.82, 2.24) is 16.0 Å². The van der Waals surface area contributed by atoms with Crippen LogP contribution in [0.3, 0.4) is 0 Å². The quantitative estimate of drug-likeness (QED) is 0.332. The van der Waals surface area contributed by atoms with Gasteiger partial charge < -0.3 is 26.0 Å². The third-order valence-electron chi connectivity index (χ3n) is 3.49. The maximum atomic E-state index is 12.1. The average molecular weight is 402 g/mol. The van der Waals surface area contributed by atoms with Gasteiger partial charge >= 0.3 is 6.09 Å². The molecule has 0 unspecified atom stereocenters. The molecule has 1 rings (SSSR count). The van der Waals surface area contributed by atoms with E-state index in [1.807, 2.05) is 13.8 Å². The summed E-state index contributed by atoms with van der Waals surface area (Å²) >= 11 is 0. The molecule has 8 heteroatoms. The monoisotopic (exact) mass is 401 g/mol. The Labute approximate surface area is 172 Å². The van der Waals surface area contributed by atoms with Gasteiger partial charge in [0.1, 0.15) is 5.60 Å². The smallest absolute Gasteiger partial charge is 0.408 e. The molecule has 0 aliphatic rings. The van der Waals surface area contributed by atoms with Gasteiger partial charge in [-0.25, -0.2) is 4.79 Å². The fourth-order valence-electron chi connectivity index (χ4n) is 2.21. The van der Waals surface area contributed by atoms with Gasteiger partial charge in [0.15, 0.2) is 5.96 Å². The number of nitrogens with zero attached hydrogens (tertiary/aromatic N) is 1. The number of rotatable bonds is 6. The summed E-state index contributed by atoms with van der Waals surface area (Å²) in [5.41, 5.74) is 0.140. The highest BCUT2D eigenvalue weighted by atomic mass is 16.6. The zero-order valence-electron chi connectivity index (χ0n) is 18.0. The molecule has 0 saturated heterocycles. The Morgan fingerprint density at radius 1 is 1.17 bits per heavy atom. The number of amides is 2. The number of hydrogen-bond acceptors (Lipinski definition) is 4. The minimum Gasteiger partial charge on any atom is -0.444 e. The largest absolute Gasteiger partial charge is 0.444 e. The molecule has 0 fully saturated rings. The molecule has 0 heterocycles. The minimum absolute atomic E-state index is 0.0138. The van der Waals surface area contributed by atoms with Crippen LogP contribution in [0.5, 0.6) is 0 Å². The molecule has 0 aromatic heterocycles. The van der Waals surface area contributed by atoms with Crippen LogP contribution in [0, 0.1) is 12.3 Å². The highest BCUT2D eigenvalue weighted by Gasteiger charge is 2.24. The van der Waals surface area contributed by atoms with Crippen LogP contribution in [0.4, 0.5) is 10.5 Å². The number of aliphatic imine (C=N–C) groups is 1. The molecule has 0 atom stereocenters. The molecule has 0 saturated carbocycles. The SMILES string of the molecule is C#Cc1cccc(NC(=O)CNC(=NC)NCC(C)(C)NC(=O)OC(C)(C)C)c1. The Hall–Kier alpha value is -3.21. The lowest BCUT2D eigenvalue weighted by atomic mass is 10.1. The molecule has 0 aliphatic heterocycles. The van der Waals surface area contributed by atoms with E-state index >= 15 is 0 Å². The van der Waals surface area contributed by atoms with Gasteiger partial charge in [0.25, 0.3) is 0 Å². The number of benzene rings is 1. The summed E-state index contributed by atoms with van der Waals surface area (Å²) in [4.78, 5) is 28.2. The van der Waals surface area contributed by atoms with Crippen molar-refractivity contribution < 1.29 is 14.3 Å². The summed E-state index contributed by atoms with van der Waals surface area (Å²) < 4.78 is 5.27. The summed E-state index contributed by atoms with van der Waals surface area (Å²) in [5.74, 6) is 2.71. The zero-order chi connectivity index (χ0) is 22.1. The normalized spacial score (nSPS) is 11.8. The van der Waals surface area contributed by atoms with E-state index in [0.717, 1.165) is 0 Å². The van der Waals surface area contributed by atoms with Crippen molar-refractivity contribution in [2.24, 2.45) is 4.99 Å². The zero-order valence-corrected chi connectivity index (χ0v) is 18.0. The number of terminal acetylenes is 1. The summed E-state index contributed by atoms with van der Waals surface area (Å²) in [7, 11) is 1.60. The van der Waals surface area contributed by atoms with Crippen molar-refractivity contribution in [3.8, 4) is 12.3 Å². The van der Waals surface area contributed by atoms with Crippen molar-refractivity contribution in [3.05, 3.63) is 29.8 Å². The molecular formula is C21H31N5O3. The number of anilines is 1. The minimum atomic E-state index is -0.599. The third-order valence-corrected chi connectivity index (χ3v) is 3.49. The highest BCUT2D eigenvalue weighted by molar-refractivity contribution is 5.95. The second-order valence-corrected chi connectivity index (χ2v) is 8.06. The number of ether oxygens (including phenoxy) is 1. The number of nitrogens with one attached hydrogen (secondary N) is 4. The van der Waals surface area contributed by atoms with Crippen LogP contribution in [0.25, 0.3) is 0 Å². The Morgan fingerprint density at radius 2 is 1.86 bits per heavy atom. The summed E-state index contributed by atoms with van der Waals surface area (Å²) in [6.45, 7) is 9.49. The first-order valence-electron chi connectivity index (χ1n) is 9.26. The van der Waals surface area contributed by atoms with Crippen LogP contribution in [0.1, 0.15) is 40.2 Å². The van der Waals surface area contributed by atoms with Gasteiger partial charge in [0.05, 0.1) is 12.1 Å². The molecule has 8 nitrogen and oxygen atoms in total. The van der Waals surface area contributed by atoms with E-state index in [1.54, 1.807) is 52.1 Å². The topological polar surface area (TPSA) is 104 Å². The van der Waals surface area contributed by atoms with Crippen LogP contribution in [-0.2, 0) is 9.53 Å². The Morgan fingerprint density at radius 3 is 2.45 bits per heavy atom. The Kier molecular flexibility index (Phi) is 8.52. The van der Waals surface area contributed by atoms with Crippen LogP contribution >= 0.6 is 0 Å². The van der Waals surface area contributed by atoms with Crippen molar-refractivity contribution >= 4 is 23.6 Å². The third kappa shape index (κ3) is 10.1. The maximum absolute atomic E-state index is 12.1. The van der Waals surface area contributed by atoms with Crippen LogP contribution in [0.2, 0.25) is 0 Å². The van der Waals surface area contributed by atoms with Crippen molar-refractivity contribution in [2.45, 2.75) is 45.8 Å². The average Bonchev–Trinajstić information content (AvgIpc) is 2.59. The van der Waals surface area contributed by atoms with Crippen LogP contribution in [0.15, 0.2) is 29.3 Å². The van der Waals surface area contributed by atoms with E-state index in [9.17, 15) is 9.59 Å². The summed E-state index contributed by atoms with van der Waals surface area (Å²) in [5, 5.41) is 11.6. The summed E-state index contributed by atoms with van der Waals surface area (Å²) in [6.07, 6.45) is 4.86. The molecule has 1 aromatic rings. The number of alkyl carbamates (subject to hydrolysis) is 1. The molecular weight excluding hydrogens is 370 g/mol. The van der Waals surface area contributed by atoms with Gasteiger partial charge in [-0.1, -0.05) is 12.0 Å². The molecule has 4 N–H and O–H groups in total. The fraction of sp³-hybridized carbons (Fsp3) is 0.476. The predicted molar refractivity (Wildman–Crippen MR) is 116 cm³/mol.